The summed E-state index contributed by atoms with van der Waals surface area (Å²) < 4.78 is 0. The number of benzene rings is 3. The Hall–Kier alpha value is -5.51. The van der Waals surface area contributed by atoms with E-state index in [-0.39, 0.29) is 37.0 Å². The zero-order valence-electron chi connectivity index (χ0n) is 22.3. The van der Waals surface area contributed by atoms with Gasteiger partial charge in [0.25, 0.3) is 0 Å². The normalized spacial score (nSPS) is 10.4. The van der Waals surface area contributed by atoms with Crippen LogP contribution in [-0.4, -0.2) is 45.3 Å². The number of hydrogen-bond donors (Lipinski definition) is 4. The van der Waals surface area contributed by atoms with Crippen molar-refractivity contribution >= 4 is 40.9 Å². The number of urea groups is 1. The minimum atomic E-state index is -1.06. The number of rotatable bonds is 10. The van der Waals surface area contributed by atoms with Crippen molar-refractivity contribution in [2.75, 3.05) is 22.5 Å². The zero-order valence-corrected chi connectivity index (χ0v) is 22.3. The van der Waals surface area contributed by atoms with Crippen LogP contribution in [0.25, 0.3) is 0 Å². The van der Waals surface area contributed by atoms with E-state index >= 15 is 0 Å². The summed E-state index contributed by atoms with van der Waals surface area (Å²) in [6, 6.07) is 23.3. The van der Waals surface area contributed by atoms with Gasteiger partial charge in [0.1, 0.15) is 6.54 Å². The van der Waals surface area contributed by atoms with Gasteiger partial charge in [-0.15, -0.1) is 0 Å². The average molecular weight is 552 g/mol. The molecule has 3 aromatic carbocycles. The molecule has 4 N–H and O–H groups in total. The van der Waals surface area contributed by atoms with Crippen LogP contribution in [-0.2, 0) is 22.6 Å². The molecule has 0 aliphatic carbocycles. The Balaban J connectivity index is 1.38. The van der Waals surface area contributed by atoms with Crippen molar-refractivity contribution in [3.63, 3.8) is 0 Å². The summed E-state index contributed by atoms with van der Waals surface area (Å²) in [5.74, 6) is -1.75. The van der Waals surface area contributed by atoms with Gasteiger partial charge in [0.05, 0.1) is 12.0 Å². The van der Waals surface area contributed by atoms with Crippen molar-refractivity contribution in [1.82, 2.24) is 9.88 Å². The van der Waals surface area contributed by atoms with Gasteiger partial charge in [-0.25, -0.2) is 9.59 Å². The molecule has 0 bridgehead atoms. The van der Waals surface area contributed by atoms with Crippen LogP contribution in [0.5, 0.6) is 0 Å². The highest BCUT2D eigenvalue weighted by molar-refractivity contribution is 6.00. The highest BCUT2D eigenvalue weighted by Crippen LogP contribution is 2.16. The van der Waals surface area contributed by atoms with Gasteiger partial charge in [0, 0.05) is 36.0 Å². The number of amides is 4. The van der Waals surface area contributed by atoms with E-state index in [1.807, 2.05) is 31.2 Å². The zero-order chi connectivity index (χ0) is 29.2. The molecule has 0 aliphatic heterocycles. The Morgan fingerprint density at radius 3 is 2.05 bits per heavy atom. The SMILES string of the molecule is Cc1ccccc1NC(=O)Nc1ccc(CC(=O)N(CC(=O)Nc2ccc(C(=O)O)cc2)Cc2ccncc2)cc1. The lowest BCUT2D eigenvalue weighted by atomic mass is 10.1. The topological polar surface area (TPSA) is 141 Å². The van der Waals surface area contributed by atoms with Crippen LogP contribution < -0.4 is 16.0 Å². The number of aromatic carboxylic acids is 1. The molecule has 0 aliphatic rings. The standard InChI is InChI=1S/C31H29N5O5/c1-21-4-2-3-5-27(21)35-31(41)34-26-10-6-22(7-11-26)18-29(38)36(19-23-14-16-32-17-15-23)20-28(37)33-25-12-8-24(9-13-25)30(39)40/h2-17H,18-20H2,1H3,(H,33,37)(H,39,40)(H2,34,35,41). The fourth-order valence-corrected chi connectivity index (χ4v) is 4.00. The number of aromatic nitrogens is 1. The van der Waals surface area contributed by atoms with Gasteiger partial charge in [-0.3, -0.25) is 14.6 Å². The van der Waals surface area contributed by atoms with Crippen LogP contribution in [0.2, 0.25) is 0 Å². The summed E-state index contributed by atoms with van der Waals surface area (Å²) in [7, 11) is 0. The molecule has 0 spiro atoms. The van der Waals surface area contributed by atoms with Crippen molar-refractivity contribution in [2.24, 2.45) is 0 Å². The van der Waals surface area contributed by atoms with Gasteiger partial charge in [-0.2, -0.15) is 0 Å². The molecular weight excluding hydrogens is 522 g/mol. The summed E-state index contributed by atoms with van der Waals surface area (Å²) in [5, 5.41) is 17.3. The Labute approximate surface area is 237 Å². The molecule has 10 heteroatoms. The van der Waals surface area contributed by atoms with Crippen molar-refractivity contribution in [3.05, 3.63) is 120 Å². The number of aryl methyl sites for hydroxylation is 1. The Morgan fingerprint density at radius 1 is 0.756 bits per heavy atom. The van der Waals surface area contributed by atoms with Gasteiger partial charge in [-0.05, 0) is 78.2 Å². The van der Waals surface area contributed by atoms with Gasteiger partial charge in [0.2, 0.25) is 11.8 Å². The number of carbonyl (C=O) groups is 4. The van der Waals surface area contributed by atoms with Crippen LogP contribution in [0.1, 0.15) is 27.0 Å². The lowest BCUT2D eigenvalue weighted by Gasteiger charge is -2.22. The van der Waals surface area contributed by atoms with Crippen molar-refractivity contribution in [3.8, 4) is 0 Å². The molecule has 0 unspecified atom stereocenters. The molecule has 208 valence electrons. The van der Waals surface area contributed by atoms with Crippen LogP contribution in [0.15, 0.2) is 97.3 Å². The Bertz CT molecular complexity index is 1520. The van der Waals surface area contributed by atoms with E-state index in [2.05, 4.69) is 20.9 Å². The van der Waals surface area contributed by atoms with Crippen LogP contribution in [0.4, 0.5) is 21.9 Å². The molecule has 0 saturated carbocycles. The van der Waals surface area contributed by atoms with Crippen LogP contribution >= 0.6 is 0 Å². The van der Waals surface area contributed by atoms with E-state index in [0.29, 0.717) is 22.6 Å². The molecule has 0 saturated heterocycles. The van der Waals surface area contributed by atoms with Crippen LogP contribution in [0.3, 0.4) is 0 Å². The second-order valence-corrected chi connectivity index (χ2v) is 9.30. The monoisotopic (exact) mass is 551 g/mol. The average Bonchev–Trinajstić information content (AvgIpc) is 2.96. The van der Waals surface area contributed by atoms with Gasteiger partial charge in [-0.1, -0.05) is 30.3 Å². The third kappa shape index (κ3) is 8.49. The van der Waals surface area contributed by atoms with Gasteiger partial charge >= 0.3 is 12.0 Å². The predicted octanol–water partition coefficient (Wildman–Crippen LogP) is 4.94. The fraction of sp³-hybridized carbons (Fsp3) is 0.129. The van der Waals surface area contributed by atoms with E-state index in [4.69, 9.17) is 5.11 Å². The number of anilines is 3. The quantitative estimate of drug-likeness (QED) is 0.220. The summed E-state index contributed by atoms with van der Waals surface area (Å²) >= 11 is 0. The summed E-state index contributed by atoms with van der Waals surface area (Å²) in [5.41, 5.74) is 4.27. The third-order valence-corrected chi connectivity index (χ3v) is 6.19. The maximum absolute atomic E-state index is 13.3. The number of carbonyl (C=O) groups excluding carboxylic acids is 3. The molecule has 0 fully saturated rings. The Kier molecular flexibility index (Phi) is 9.40. The highest BCUT2D eigenvalue weighted by atomic mass is 16.4. The summed E-state index contributed by atoms with van der Waals surface area (Å²) in [4.78, 5) is 55.0. The minimum absolute atomic E-state index is 0.0430. The van der Waals surface area contributed by atoms with Crippen molar-refractivity contribution < 1.29 is 24.3 Å². The first-order valence-electron chi connectivity index (χ1n) is 12.8. The number of carboxylic acid groups (broad SMARTS) is 1. The molecule has 0 radical (unpaired) electrons. The first-order chi connectivity index (χ1) is 19.8. The molecule has 4 amide bonds. The number of para-hydroxylation sites is 1. The minimum Gasteiger partial charge on any atom is -0.478 e. The second-order valence-electron chi connectivity index (χ2n) is 9.30. The molecule has 4 aromatic rings. The molecule has 10 nitrogen and oxygen atoms in total. The van der Waals surface area contributed by atoms with E-state index in [9.17, 15) is 19.2 Å². The largest absolute Gasteiger partial charge is 0.478 e. The number of hydrogen-bond acceptors (Lipinski definition) is 5. The maximum Gasteiger partial charge on any atom is 0.335 e. The second kappa shape index (κ2) is 13.5. The molecule has 0 atom stereocenters. The van der Waals surface area contributed by atoms with Crippen LogP contribution in [0, 0.1) is 6.92 Å². The molecule has 4 rings (SSSR count). The third-order valence-electron chi connectivity index (χ3n) is 6.19. The van der Waals surface area contributed by atoms with Crippen molar-refractivity contribution in [2.45, 2.75) is 19.9 Å². The predicted molar refractivity (Wildman–Crippen MR) is 156 cm³/mol. The number of nitrogens with one attached hydrogen (secondary N) is 3. The highest BCUT2D eigenvalue weighted by Gasteiger charge is 2.19. The fourth-order valence-electron chi connectivity index (χ4n) is 4.00. The lowest BCUT2D eigenvalue weighted by Crippen LogP contribution is -2.38. The van der Waals surface area contributed by atoms with Gasteiger partial charge < -0.3 is 26.0 Å². The smallest absolute Gasteiger partial charge is 0.335 e. The number of pyridine rings is 1. The molecular formula is C31H29N5O5. The molecule has 1 aromatic heterocycles. The lowest BCUT2D eigenvalue weighted by molar-refractivity contribution is -0.134. The first-order valence-corrected chi connectivity index (χ1v) is 12.8. The first kappa shape index (κ1) is 28.5. The van der Waals surface area contributed by atoms with E-state index in [1.165, 1.54) is 29.2 Å². The molecule has 41 heavy (non-hydrogen) atoms. The van der Waals surface area contributed by atoms with E-state index in [0.717, 1.165) is 11.1 Å². The van der Waals surface area contributed by atoms with Gasteiger partial charge in [0.15, 0.2) is 0 Å². The number of nitrogens with zero attached hydrogens (tertiary/aromatic N) is 2. The maximum atomic E-state index is 13.3. The number of carboxylic acids is 1. The summed E-state index contributed by atoms with van der Waals surface area (Å²) in [6.07, 6.45) is 3.27. The Morgan fingerprint density at radius 2 is 1.39 bits per heavy atom. The van der Waals surface area contributed by atoms with E-state index in [1.54, 1.807) is 48.8 Å². The van der Waals surface area contributed by atoms with E-state index < -0.39 is 11.9 Å². The van der Waals surface area contributed by atoms with Crippen molar-refractivity contribution in [1.29, 1.82) is 0 Å². The molecule has 1 heterocycles. The summed E-state index contributed by atoms with van der Waals surface area (Å²) in [6.45, 7) is 1.90.